The van der Waals surface area contributed by atoms with Crippen molar-refractivity contribution < 1.29 is 24.2 Å². The van der Waals surface area contributed by atoms with E-state index >= 15 is 0 Å². The lowest BCUT2D eigenvalue weighted by atomic mass is 9.98. The average Bonchev–Trinajstić information content (AvgIpc) is 3.13. The zero-order valence-electron chi connectivity index (χ0n) is 20.0. The molecule has 182 valence electrons. The van der Waals surface area contributed by atoms with E-state index in [1.54, 1.807) is 0 Å². The second-order valence-corrected chi connectivity index (χ2v) is 9.13. The van der Waals surface area contributed by atoms with Gasteiger partial charge in [0.25, 0.3) is 0 Å². The fourth-order valence-corrected chi connectivity index (χ4v) is 4.41. The van der Waals surface area contributed by atoms with Crippen molar-refractivity contribution in [2.24, 2.45) is 5.92 Å². The van der Waals surface area contributed by atoms with Crippen LogP contribution in [0.2, 0.25) is 0 Å². The number of alkyl carbamates (subject to hydrolysis) is 1. The molecule has 1 aliphatic carbocycles. The van der Waals surface area contributed by atoms with Crippen LogP contribution in [-0.4, -0.2) is 41.8 Å². The van der Waals surface area contributed by atoms with Gasteiger partial charge in [-0.2, -0.15) is 0 Å². The van der Waals surface area contributed by atoms with Gasteiger partial charge in [-0.15, -0.1) is 0 Å². The predicted octanol–water partition coefficient (Wildman–Crippen LogP) is 4.70. The van der Waals surface area contributed by atoms with E-state index < -0.39 is 18.1 Å². The summed E-state index contributed by atoms with van der Waals surface area (Å²) in [4.78, 5) is 36.0. The van der Waals surface area contributed by atoms with Crippen molar-refractivity contribution in [2.75, 3.05) is 6.61 Å². The molecule has 2 aromatic rings. The molecule has 7 nitrogen and oxygen atoms in total. The first kappa shape index (κ1) is 25.3. The van der Waals surface area contributed by atoms with E-state index in [1.807, 2.05) is 45.0 Å². The topological polar surface area (TPSA) is 105 Å². The third-order valence-corrected chi connectivity index (χ3v) is 6.42. The van der Waals surface area contributed by atoms with Crippen LogP contribution in [-0.2, 0) is 14.3 Å². The van der Waals surface area contributed by atoms with Gasteiger partial charge in [-0.05, 0) is 41.0 Å². The number of benzene rings is 2. The molecular weight excluding hydrogens is 432 g/mol. The Balaban J connectivity index is 1.56. The van der Waals surface area contributed by atoms with Crippen molar-refractivity contribution in [2.45, 2.75) is 64.5 Å². The third kappa shape index (κ3) is 6.37. The van der Waals surface area contributed by atoms with Gasteiger partial charge >= 0.3 is 12.1 Å². The summed E-state index contributed by atoms with van der Waals surface area (Å²) < 4.78 is 5.62. The molecule has 2 amide bonds. The summed E-state index contributed by atoms with van der Waals surface area (Å²) in [6, 6.07) is 15.7. The van der Waals surface area contributed by atoms with Gasteiger partial charge < -0.3 is 20.5 Å². The molecule has 1 aliphatic rings. The molecule has 0 aromatic heterocycles. The Kier molecular flexibility index (Phi) is 8.68. The highest BCUT2D eigenvalue weighted by Gasteiger charge is 2.29. The van der Waals surface area contributed by atoms with Gasteiger partial charge in [0.1, 0.15) is 6.61 Å². The highest BCUT2D eigenvalue weighted by molar-refractivity contribution is 5.80. The minimum absolute atomic E-state index is 0.00436. The Hall–Kier alpha value is -3.35. The zero-order valence-corrected chi connectivity index (χ0v) is 20.0. The molecule has 2 aromatic carbocycles. The number of carboxylic acids is 1. The molecule has 0 spiro atoms. The fourth-order valence-electron chi connectivity index (χ4n) is 4.41. The third-order valence-electron chi connectivity index (χ3n) is 6.42. The number of fused-ring (bicyclic) bond motifs is 3. The Bertz CT molecular complexity index is 974. The Morgan fingerprint density at radius 3 is 2.09 bits per heavy atom. The summed E-state index contributed by atoms with van der Waals surface area (Å²) in [5.41, 5.74) is 4.61. The molecule has 0 saturated heterocycles. The number of rotatable bonds is 11. The number of ether oxygens (including phenoxy) is 1. The molecule has 0 heterocycles. The molecule has 1 unspecified atom stereocenters. The van der Waals surface area contributed by atoms with E-state index in [0.717, 1.165) is 22.3 Å². The molecule has 0 radical (unpaired) electrons. The number of nitrogens with one attached hydrogen (secondary N) is 2. The number of hydrogen-bond acceptors (Lipinski definition) is 4. The molecule has 0 fully saturated rings. The Labute approximate surface area is 200 Å². The number of aliphatic carboxylic acids is 1. The quantitative estimate of drug-likeness (QED) is 0.445. The highest BCUT2D eigenvalue weighted by atomic mass is 16.5. The number of hydrogen-bond donors (Lipinski definition) is 3. The number of amides is 2. The predicted molar refractivity (Wildman–Crippen MR) is 131 cm³/mol. The maximum Gasteiger partial charge on any atom is 0.407 e. The molecular formula is C27H34N2O5. The molecule has 7 heteroatoms. The molecule has 0 aliphatic heterocycles. The van der Waals surface area contributed by atoms with Crippen LogP contribution in [0.3, 0.4) is 0 Å². The van der Waals surface area contributed by atoms with Crippen molar-refractivity contribution in [3.05, 3.63) is 59.7 Å². The van der Waals surface area contributed by atoms with Crippen LogP contribution in [0.4, 0.5) is 4.79 Å². The maximum atomic E-state index is 12.6. The van der Waals surface area contributed by atoms with E-state index in [0.29, 0.717) is 12.8 Å². The van der Waals surface area contributed by atoms with Gasteiger partial charge in [-0.3, -0.25) is 9.59 Å². The van der Waals surface area contributed by atoms with Crippen LogP contribution in [0.1, 0.15) is 63.5 Å². The summed E-state index contributed by atoms with van der Waals surface area (Å²) in [6.45, 7) is 5.98. The van der Waals surface area contributed by atoms with Gasteiger partial charge in [0, 0.05) is 30.8 Å². The maximum absolute atomic E-state index is 12.6. The average molecular weight is 467 g/mol. The first-order valence-corrected chi connectivity index (χ1v) is 11.9. The van der Waals surface area contributed by atoms with Crippen LogP contribution >= 0.6 is 0 Å². The number of carbonyl (C=O) groups is 3. The van der Waals surface area contributed by atoms with Crippen molar-refractivity contribution >= 4 is 18.0 Å². The molecule has 2 atom stereocenters. The fraction of sp³-hybridized carbons (Fsp3) is 0.444. The van der Waals surface area contributed by atoms with E-state index in [4.69, 9.17) is 9.84 Å². The van der Waals surface area contributed by atoms with Crippen LogP contribution < -0.4 is 10.6 Å². The minimum Gasteiger partial charge on any atom is -0.481 e. The number of carbonyl (C=O) groups excluding carboxylic acids is 2. The number of carboxylic acid groups (broad SMARTS) is 1. The molecule has 34 heavy (non-hydrogen) atoms. The monoisotopic (exact) mass is 466 g/mol. The smallest absolute Gasteiger partial charge is 0.407 e. The summed E-state index contributed by atoms with van der Waals surface area (Å²) >= 11 is 0. The van der Waals surface area contributed by atoms with Crippen LogP contribution in [0.15, 0.2) is 48.5 Å². The van der Waals surface area contributed by atoms with Crippen molar-refractivity contribution in [1.82, 2.24) is 10.6 Å². The standard InChI is InChI=1S/C27H34N2O5/c1-4-18(13-14-26(31)32)28-25(30)15-24(17(2)3)29-27(33)34-16-23-21-11-7-5-9-19(21)20-10-6-8-12-22(20)23/h5-12,17-18,23-24H,4,13-16H2,1-3H3,(H,28,30)(H,29,33)(H,31,32)/t18?,24-/m0/s1. The minimum atomic E-state index is -0.885. The van der Waals surface area contributed by atoms with E-state index in [2.05, 4.69) is 34.9 Å². The molecule has 0 bridgehead atoms. The molecule has 0 saturated carbocycles. The molecule has 3 rings (SSSR count). The summed E-state index contributed by atoms with van der Waals surface area (Å²) in [5.74, 6) is -1.11. The van der Waals surface area contributed by atoms with Gasteiger partial charge in [-0.1, -0.05) is 69.3 Å². The molecule has 3 N–H and O–H groups in total. The van der Waals surface area contributed by atoms with Crippen molar-refractivity contribution in [1.29, 1.82) is 0 Å². The zero-order chi connectivity index (χ0) is 24.7. The Morgan fingerprint density at radius 1 is 0.971 bits per heavy atom. The lowest BCUT2D eigenvalue weighted by Gasteiger charge is -2.24. The SMILES string of the molecule is CCC(CCC(=O)O)NC(=O)C[C@H](NC(=O)OCC1c2ccccc2-c2ccccc21)C(C)C. The van der Waals surface area contributed by atoms with Gasteiger partial charge in [0.15, 0.2) is 0 Å². The second-order valence-electron chi connectivity index (χ2n) is 9.13. The van der Waals surface area contributed by atoms with E-state index in [-0.39, 0.29) is 43.2 Å². The normalized spacial score (nSPS) is 14.1. The summed E-state index contributed by atoms with van der Waals surface area (Å²) in [6.07, 6.45) is 0.580. The van der Waals surface area contributed by atoms with E-state index in [1.165, 1.54) is 0 Å². The first-order valence-electron chi connectivity index (χ1n) is 11.9. The van der Waals surface area contributed by atoms with Gasteiger partial charge in [0.2, 0.25) is 5.91 Å². The van der Waals surface area contributed by atoms with Crippen molar-refractivity contribution in [3.8, 4) is 11.1 Å². The van der Waals surface area contributed by atoms with E-state index in [9.17, 15) is 14.4 Å². The lowest BCUT2D eigenvalue weighted by molar-refractivity contribution is -0.137. The van der Waals surface area contributed by atoms with Crippen LogP contribution in [0.25, 0.3) is 11.1 Å². The van der Waals surface area contributed by atoms with Gasteiger partial charge in [-0.25, -0.2) is 4.79 Å². The lowest BCUT2D eigenvalue weighted by Crippen LogP contribution is -2.44. The van der Waals surface area contributed by atoms with Crippen LogP contribution in [0, 0.1) is 5.92 Å². The highest BCUT2D eigenvalue weighted by Crippen LogP contribution is 2.44. The van der Waals surface area contributed by atoms with Gasteiger partial charge in [0.05, 0.1) is 0 Å². The van der Waals surface area contributed by atoms with Crippen molar-refractivity contribution in [3.63, 3.8) is 0 Å². The first-order chi connectivity index (χ1) is 16.3. The summed E-state index contributed by atoms with van der Waals surface area (Å²) in [5, 5.41) is 14.6. The Morgan fingerprint density at radius 2 is 1.56 bits per heavy atom. The second kappa shape index (κ2) is 11.7. The summed E-state index contributed by atoms with van der Waals surface area (Å²) in [7, 11) is 0. The van der Waals surface area contributed by atoms with Crippen LogP contribution in [0.5, 0.6) is 0 Å². The largest absolute Gasteiger partial charge is 0.481 e.